The molecule has 2 aromatic rings. The maximum Gasteiger partial charge on any atom is 0.310 e. The van der Waals surface area contributed by atoms with E-state index in [4.69, 9.17) is 9.26 Å². The predicted molar refractivity (Wildman–Crippen MR) is 82.2 cm³/mol. The van der Waals surface area contributed by atoms with Crippen molar-refractivity contribution in [3.05, 3.63) is 23.4 Å². The molecule has 0 N–H and O–H groups in total. The smallest absolute Gasteiger partial charge is 0.310 e. The molecule has 22 heavy (non-hydrogen) atoms. The van der Waals surface area contributed by atoms with Crippen LogP contribution in [0.4, 0.5) is 0 Å². The summed E-state index contributed by atoms with van der Waals surface area (Å²) in [5.41, 5.74) is 0. The lowest BCUT2D eigenvalue weighted by Gasteiger charge is -2.30. The standard InChI is InChI=1S/C15H19N3O3S/c1-2-20-15(19)11-5-3-7-18(9-11)10-13-16-14(17-21-13)12-6-4-8-22-12/h4,6,8,11H,2-3,5,7,9-10H2,1H3. The number of hydrogen-bond donors (Lipinski definition) is 0. The molecule has 0 bridgehead atoms. The van der Waals surface area contributed by atoms with Crippen molar-refractivity contribution in [3.63, 3.8) is 0 Å². The summed E-state index contributed by atoms with van der Waals surface area (Å²) in [6, 6.07) is 3.93. The second-order valence-electron chi connectivity index (χ2n) is 5.32. The van der Waals surface area contributed by atoms with Gasteiger partial charge < -0.3 is 9.26 Å². The van der Waals surface area contributed by atoms with E-state index in [1.807, 2.05) is 24.4 Å². The van der Waals surface area contributed by atoms with Gasteiger partial charge in [-0.05, 0) is 37.8 Å². The van der Waals surface area contributed by atoms with Gasteiger partial charge in [0.05, 0.1) is 23.9 Å². The van der Waals surface area contributed by atoms with Crippen LogP contribution in [-0.4, -0.2) is 40.7 Å². The predicted octanol–water partition coefficient (Wildman–Crippen LogP) is 2.57. The molecule has 0 amide bonds. The van der Waals surface area contributed by atoms with Gasteiger partial charge in [0.15, 0.2) is 0 Å². The fourth-order valence-electron chi connectivity index (χ4n) is 2.67. The average molecular weight is 321 g/mol. The van der Waals surface area contributed by atoms with Gasteiger partial charge in [-0.1, -0.05) is 11.2 Å². The Balaban J connectivity index is 1.60. The summed E-state index contributed by atoms with van der Waals surface area (Å²) in [5.74, 6) is 1.07. The average Bonchev–Trinajstić information content (AvgIpc) is 3.18. The summed E-state index contributed by atoms with van der Waals surface area (Å²) in [6.45, 7) is 4.47. The first-order chi connectivity index (χ1) is 10.8. The van der Waals surface area contributed by atoms with Crippen molar-refractivity contribution in [2.24, 2.45) is 5.92 Å². The molecule has 1 atom stereocenters. The number of nitrogens with zero attached hydrogens (tertiary/aromatic N) is 3. The van der Waals surface area contributed by atoms with E-state index in [-0.39, 0.29) is 11.9 Å². The zero-order valence-corrected chi connectivity index (χ0v) is 13.3. The van der Waals surface area contributed by atoms with Crippen molar-refractivity contribution in [2.45, 2.75) is 26.3 Å². The molecule has 7 heteroatoms. The number of carbonyl (C=O) groups excluding carboxylic acids is 1. The molecule has 3 heterocycles. The third-order valence-electron chi connectivity index (χ3n) is 3.69. The molecule has 3 rings (SSSR count). The van der Waals surface area contributed by atoms with Crippen LogP contribution < -0.4 is 0 Å². The molecular weight excluding hydrogens is 302 g/mol. The maximum atomic E-state index is 11.9. The normalized spacial score (nSPS) is 19.2. The number of hydrogen-bond acceptors (Lipinski definition) is 7. The Morgan fingerprint density at radius 2 is 2.50 bits per heavy atom. The van der Waals surface area contributed by atoms with E-state index in [1.165, 1.54) is 0 Å². The highest BCUT2D eigenvalue weighted by molar-refractivity contribution is 7.13. The summed E-state index contributed by atoms with van der Waals surface area (Å²) in [6.07, 6.45) is 1.87. The van der Waals surface area contributed by atoms with Gasteiger partial charge in [-0.15, -0.1) is 11.3 Å². The summed E-state index contributed by atoms with van der Waals surface area (Å²) >= 11 is 1.59. The van der Waals surface area contributed by atoms with Crippen LogP contribution in [0.5, 0.6) is 0 Å². The second kappa shape index (κ2) is 7.02. The molecule has 1 aliphatic rings. The highest BCUT2D eigenvalue weighted by atomic mass is 32.1. The molecule has 2 aromatic heterocycles. The number of aromatic nitrogens is 2. The largest absolute Gasteiger partial charge is 0.466 e. The molecule has 1 unspecified atom stereocenters. The zero-order valence-electron chi connectivity index (χ0n) is 12.5. The number of rotatable bonds is 5. The summed E-state index contributed by atoms with van der Waals surface area (Å²) in [7, 11) is 0. The minimum Gasteiger partial charge on any atom is -0.466 e. The van der Waals surface area contributed by atoms with Gasteiger partial charge in [0, 0.05) is 6.54 Å². The molecule has 0 saturated carbocycles. The van der Waals surface area contributed by atoms with Crippen LogP contribution in [0.1, 0.15) is 25.7 Å². The number of piperidine rings is 1. The number of carbonyl (C=O) groups is 1. The monoisotopic (exact) mass is 321 g/mol. The summed E-state index contributed by atoms with van der Waals surface area (Å²) in [4.78, 5) is 19.5. The number of ether oxygens (including phenoxy) is 1. The van der Waals surface area contributed by atoms with E-state index in [1.54, 1.807) is 11.3 Å². The Morgan fingerprint density at radius 1 is 1.59 bits per heavy atom. The Labute approximate surface area is 133 Å². The Hall–Kier alpha value is -1.73. The molecule has 0 spiro atoms. The van der Waals surface area contributed by atoms with Crippen molar-refractivity contribution >= 4 is 17.3 Å². The Kier molecular flexibility index (Phi) is 4.84. The van der Waals surface area contributed by atoms with E-state index >= 15 is 0 Å². The number of esters is 1. The molecule has 0 aliphatic carbocycles. The maximum absolute atomic E-state index is 11.9. The number of likely N-dealkylation sites (tertiary alicyclic amines) is 1. The lowest BCUT2D eigenvalue weighted by molar-refractivity contribution is -0.150. The topological polar surface area (TPSA) is 68.5 Å². The van der Waals surface area contributed by atoms with E-state index in [0.717, 1.165) is 24.3 Å². The third-order valence-corrected chi connectivity index (χ3v) is 4.56. The van der Waals surface area contributed by atoms with Crippen LogP contribution in [0.3, 0.4) is 0 Å². The second-order valence-corrected chi connectivity index (χ2v) is 6.26. The van der Waals surface area contributed by atoms with Crippen molar-refractivity contribution in [1.82, 2.24) is 15.0 Å². The van der Waals surface area contributed by atoms with Crippen LogP contribution in [-0.2, 0) is 16.1 Å². The fourth-order valence-corrected chi connectivity index (χ4v) is 3.32. The van der Waals surface area contributed by atoms with Gasteiger partial charge in [-0.3, -0.25) is 9.69 Å². The molecule has 6 nitrogen and oxygen atoms in total. The lowest BCUT2D eigenvalue weighted by Crippen LogP contribution is -2.39. The van der Waals surface area contributed by atoms with Gasteiger partial charge in [0.25, 0.3) is 0 Å². The molecule has 0 aromatic carbocycles. The van der Waals surface area contributed by atoms with Gasteiger partial charge in [-0.2, -0.15) is 4.98 Å². The SMILES string of the molecule is CCOC(=O)C1CCCN(Cc2nc(-c3cccs3)no2)C1. The Morgan fingerprint density at radius 3 is 3.27 bits per heavy atom. The molecule has 118 valence electrons. The van der Waals surface area contributed by atoms with E-state index < -0.39 is 0 Å². The van der Waals surface area contributed by atoms with Gasteiger partial charge >= 0.3 is 5.97 Å². The highest BCUT2D eigenvalue weighted by Gasteiger charge is 2.27. The highest BCUT2D eigenvalue weighted by Crippen LogP contribution is 2.23. The lowest BCUT2D eigenvalue weighted by atomic mass is 9.98. The molecule has 0 radical (unpaired) electrons. The van der Waals surface area contributed by atoms with Crippen LogP contribution >= 0.6 is 11.3 Å². The van der Waals surface area contributed by atoms with Crippen LogP contribution in [0.2, 0.25) is 0 Å². The molecule has 1 saturated heterocycles. The minimum atomic E-state index is -0.1000. The van der Waals surface area contributed by atoms with Gasteiger partial charge in [-0.25, -0.2) is 0 Å². The van der Waals surface area contributed by atoms with Crippen LogP contribution in [0.25, 0.3) is 10.7 Å². The van der Waals surface area contributed by atoms with Crippen molar-refractivity contribution in [3.8, 4) is 10.7 Å². The van der Waals surface area contributed by atoms with Crippen LogP contribution in [0.15, 0.2) is 22.0 Å². The van der Waals surface area contributed by atoms with E-state index in [2.05, 4.69) is 15.0 Å². The molecule has 1 aliphatic heterocycles. The quantitative estimate of drug-likeness (QED) is 0.788. The van der Waals surface area contributed by atoms with E-state index in [0.29, 0.717) is 31.4 Å². The first-order valence-corrected chi connectivity index (χ1v) is 8.39. The minimum absolute atomic E-state index is 0.0478. The first-order valence-electron chi connectivity index (χ1n) is 7.51. The Bertz CT molecular complexity index is 611. The number of thiophene rings is 1. The van der Waals surface area contributed by atoms with Gasteiger partial charge in [0.1, 0.15) is 0 Å². The van der Waals surface area contributed by atoms with Gasteiger partial charge in [0.2, 0.25) is 11.7 Å². The van der Waals surface area contributed by atoms with Crippen molar-refractivity contribution in [2.75, 3.05) is 19.7 Å². The summed E-state index contributed by atoms with van der Waals surface area (Å²) < 4.78 is 10.4. The van der Waals surface area contributed by atoms with E-state index in [9.17, 15) is 4.79 Å². The molecular formula is C15H19N3O3S. The summed E-state index contributed by atoms with van der Waals surface area (Å²) in [5, 5.41) is 6.00. The first kappa shape index (κ1) is 15.2. The van der Waals surface area contributed by atoms with Crippen molar-refractivity contribution < 1.29 is 14.1 Å². The zero-order chi connectivity index (χ0) is 15.4. The third kappa shape index (κ3) is 3.53. The molecule has 1 fully saturated rings. The van der Waals surface area contributed by atoms with Crippen molar-refractivity contribution in [1.29, 1.82) is 0 Å². The fraction of sp³-hybridized carbons (Fsp3) is 0.533. The van der Waals surface area contributed by atoms with Crippen LogP contribution in [0, 0.1) is 5.92 Å².